The summed E-state index contributed by atoms with van der Waals surface area (Å²) < 4.78 is 10.7. The van der Waals surface area contributed by atoms with Crippen LogP contribution in [0.3, 0.4) is 0 Å². The molecule has 2 aromatic rings. The first kappa shape index (κ1) is 21.1. The van der Waals surface area contributed by atoms with Crippen molar-refractivity contribution in [2.75, 3.05) is 13.1 Å². The minimum atomic E-state index is -1.31. The van der Waals surface area contributed by atoms with Crippen LogP contribution in [0.1, 0.15) is 30.8 Å². The average molecular weight is 413 g/mol. The molecule has 0 aliphatic carbocycles. The van der Waals surface area contributed by atoms with E-state index in [1.807, 2.05) is 0 Å². The monoisotopic (exact) mass is 413 g/mol. The maximum absolute atomic E-state index is 12.7. The molecule has 1 fully saturated rings. The van der Waals surface area contributed by atoms with E-state index in [4.69, 9.17) is 9.15 Å². The van der Waals surface area contributed by atoms with Crippen molar-refractivity contribution in [1.82, 2.24) is 15.5 Å². The molecule has 158 valence electrons. The zero-order valence-corrected chi connectivity index (χ0v) is 16.5. The van der Waals surface area contributed by atoms with Crippen LogP contribution in [0.4, 0.5) is 4.79 Å². The van der Waals surface area contributed by atoms with Crippen molar-refractivity contribution in [2.24, 2.45) is 5.92 Å². The molecule has 9 nitrogen and oxygen atoms in total. The molecule has 0 bridgehead atoms. The number of nitrogens with zero attached hydrogens (tertiary/aromatic N) is 1. The van der Waals surface area contributed by atoms with Crippen molar-refractivity contribution in [3.63, 3.8) is 0 Å². The quantitative estimate of drug-likeness (QED) is 0.668. The van der Waals surface area contributed by atoms with E-state index in [0.717, 1.165) is 0 Å². The number of urea groups is 1. The van der Waals surface area contributed by atoms with E-state index in [1.54, 1.807) is 49.4 Å². The van der Waals surface area contributed by atoms with Crippen molar-refractivity contribution in [3.8, 4) is 0 Å². The molecule has 1 aromatic carbocycles. The third-order valence-electron chi connectivity index (χ3n) is 4.62. The van der Waals surface area contributed by atoms with Crippen LogP contribution in [0, 0.1) is 5.92 Å². The Morgan fingerprint density at radius 2 is 1.97 bits per heavy atom. The molecule has 0 unspecified atom stereocenters. The van der Waals surface area contributed by atoms with E-state index < -0.39 is 29.9 Å². The standard InChI is InChI=1S/C21H23N3O6/c1-2-22-21(28)23-19(26)18(14-7-4-3-5-8-14)30-20(27)15-11-17(25)24(12-15)13-16-9-6-10-29-16/h3-10,15,18H,2,11-13H2,1H3,(H2,22,23,26,28)/t15-,18+/m1/s1. The summed E-state index contributed by atoms with van der Waals surface area (Å²) in [5, 5.41) is 4.62. The average Bonchev–Trinajstić information content (AvgIpc) is 3.37. The first-order valence-electron chi connectivity index (χ1n) is 9.62. The van der Waals surface area contributed by atoms with Crippen LogP contribution in [0.2, 0.25) is 0 Å². The van der Waals surface area contributed by atoms with Gasteiger partial charge in [0.2, 0.25) is 12.0 Å². The number of nitrogens with one attached hydrogen (secondary N) is 2. The number of carbonyl (C=O) groups is 4. The van der Waals surface area contributed by atoms with Crippen LogP contribution in [-0.2, 0) is 25.7 Å². The molecule has 1 aliphatic heterocycles. The molecule has 2 atom stereocenters. The zero-order valence-electron chi connectivity index (χ0n) is 16.5. The highest BCUT2D eigenvalue weighted by molar-refractivity contribution is 5.98. The molecule has 9 heteroatoms. The van der Waals surface area contributed by atoms with Crippen LogP contribution in [0.15, 0.2) is 53.1 Å². The molecule has 2 heterocycles. The number of carbonyl (C=O) groups excluding carboxylic acids is 4. The van der Waals surface area contributed by atoms with E-state index in [2.05, 4.69) is 10.6 Å². The number of hydrogen-bond acceptors (Lipinski definition) is 6. The van der Waals surface area contributed by atoms with Crippen LogP contribution in [0.5, 0.6) is 0 Å². The fraction of sp³-hybridized carbons (Fsp3) is 0.333. The van der Waals surface area contributed by atoms with E-state index >= 15 is 0 Å². The smallest absolute Gasteiger partial charge is 0.321 e. The lowest BCUT2D eigenvalue weighted by atomic mass is 10.1. The zero-order chi connectivity index (χ0) is 21.5. The number of hydrogen-bond donors (Lipinski definition) is 2. The maximum Gasteiger partial charge on any atom is 0.321 e. The molecule has 0 saturated carbocycles. The van der Waals surface area contributed by atoms with Crippen molar-refractivity contribution in [3.05, 3.63) is 60.1 Å². The first-order valence-corrected chi connectivity index (χ1v) is 9.62. The third kappa shape index (κ3) is 5.25. The van der Waals surface area contributed by atoms with Gasteiger partial charge in [-0.1, -0.05) is 30.3 Å². The Kier molecular flexibility index (Phi) is 6.84. The number of amides is 4. The molecular weight excluding hydrogens is 390 g/mol. The summed E-state index contributed by atoms with van der Waals surface area (Å²) in [5.41, 5.74) is 0.421. The number of benzene rings is 1. The molecule has 30 heavy (non-hydrogen) atoms. The van der Waals surface area contributed by atoms with Gasteiger partial charge >= 0.3 is 12.0 Å². The number of ether oxygens (including phenoxy) is 1. The summed E-state index contributed by atoms with van der Waals surface area (Å²) in [6, 6.07) is 11.2. The topological polar surface area (TPSA) is 118 Å². The van der Waals surface area contributed by atoms with Crippen LogP contribution in [-0.4, -0.2) is 41.8 Å². The molecule has 0 radical (unpaired) electrons. The summed E-state index contributed by atoms with van der Waals surface area (Å²) >= 11 is 0. The van der Waals surface area contributed by atoms with E-state index in [9.17, 15) is 19.2 Å². The minimum absolute atomic E-state index is 0.0149. The van der Waals surface area contributed by atoms with Gasteiger partial charge in [0.1, 0.15) is 5.76 Å². The molecule has 1 aromatic heterocycles. The second-order valence-electron chi connectivity index (χ2n) is 6.83. The van der Waals surface area contributed by atoms with E-state index in [-0.39, 0.29) is 25.4 Å². The Labute approximate surface area is 173 Å². The minimum Gasteiger partial charge on any atom is -0.467 e. The molecule has 1 aliphatic rings. The van der Waals surface area contributed by atoms with Crippen molar-refractivity contribution >= 4 is 23.8 Å². The van der Waals surface area contributed by atoms with Crippen molar-refractivity contribution in [2.45, 2.75) is 26.0 Å². The second kappa shape index (κ2) is 9.73. The lowest BCUT2D eigenvalue weighted by molar-refractivity contribution is -0.159. The van der Waals surface area contributed by atoms with Crippen LogP contribution >= 0.6 is 0 Å². The number of esters is 1. The van der Waals surface area contributed by atoms with Gasteiger partial charge in [0.15, 0.2) is 0 Å². The molecular formula is C21H23N3O6. The summed E-state index contributed by atoms with van der Waals surface area (Å²) in [6.45, 7) is 2.47. The molecule has 2 N–H and O–H groups in total. The van der Waals surface area contributed by atoms with Gasteiger partial charge in [-0.3, -0.25) is 19.7 Å². The van der Waals surface area contributed by atoms with Gasteiger partial charge in [0, 0.05) is 25.1 Å². The van der Waals surface area contributed by atoms with Gasteiger partial charge in [0.25, 0.3) is 5.91 Å². The highest BCUT2D eigenvalue weighted by Crippen LogP contribution is 2.25. The SMILES string of the molecule is CCNC(=O)NC(=O)[C@@H](OC(=O)[C@@H]1CC(=O)N(Cc2ccco2)C1)c1ccccc1. The molecule has 3 rings (SSSR count). The highest BCUT2D eigenvalue weighted by atomic mass is 16.5. The molecule has 0 spiro atoms. The third-order valence-corrected chi connectivity index (χ3v) is 4.62. The van der Waals surface area contributed by atoms with Crippen molar-refractivity contribution < 1.29 is 28.3 Å². The predicted octanol–water partition coefficient (Wildman–Crippen LogP) is 1.76. The van der Waals surface area contributed by atoms with Crippen LogP contribution < -0.4 is 10.6 Å². The summed E-state index contributed by atoms with van der Waals surface area (Å²) in [7, 11) is 0. The largest absolute Gasteiger partial charge is 0.467 e. The van der Waals surface area contributed by atoms with Gasteiger partial charge < -0.3 is 19.4 Å². The van der Waals surface area contributed by atoms with Gasteiger partial charge in [0.05, 0.1) is 18.7 Å². The Morgan fingerprint density at radius 3 is 2.63 bits per heavy atom. The Balaban J connectivity index is 1.68. The highest BCUT2D eigenvalue weighted by Gasteiger charge is 2.38. The summed E-state index contributed by atoms with van der Waals surface area (Å²) in [5.74, 6) is -1.74. The predicted molar refractivity (Wildman–Crippen MR) is 105 cm³/mol. The van der Waals surface area contributed by atoms with Crippen LogP contribution in [0.25, 0.3) is 0 Å². The van der Waals surface area contributed by atoms with Crippen molar-refractivity contribution in [1.29, 1.82) is 0 Å². The van der Waals surface area contributed by atoms with Gasteiger partial charge in [-0.05, 0) is 19.1 Å². The van der Waals surface area contributed by atoms with Gasteiger partial charge in [-0.25, -0.2) is 4.79 Å². The fourth-order valence-electron chi connectivity index (χ4n) is 3.17. The van der Waals surface area contributed by atoms with E-state index in [0.29, 0.717) is 17.9 Å². The number of imide groups is 1. The van der Waals surface area contributed by atoms with E-state index in [1.165, 1.54) is 11.2 Å². The molecule has 4 amide bonds. The Bertz CT molecular complexity index is 897. The second-order valence-corrected chi connectivity index (χ2v) is 6.83. The summed E-state index contributed by atoms with van der Waals surface area (Å²) in [4.78, 5) is 50.8. The maximum atomic E-state index is 12.7. The molecule has 1 saturated heterocycles. The number of rotatable bonds is 7. The lowest BCUT2D eigenvalue weighted by Gasteiger charge is -2.20. The Morgan fingerprint density at radius 1 is 1.20 bits per heavy atom. The number of likely N-dealkylation sites (tertiary alicyclic amines) is 1. The summed E-state index contributed by atoms with van der Waals surface area (Å²) in [6.07, 6.45) is 0.189. The normalized spacial score (nSPS) is 16.8. The number of furan rings is 1. The lowest BCUT2D eigenvalue weighted by Crippen LogP contribution is -2.43. The first-order chi connectivity index (χ1) is 14.5. The Hall–Kier alpha value is -3.62. The van der Waals surface area contributed by atoms with Gasteiger partial charge in [-0.15, -0.1) is 0 Å². The fourth-order valence-corrected chi connectivity index (χ4v) is 3.17. The van der Waals surface area contributed by atoms with Gasteiger partial charge in [-0.2, -0.15) is 0 Å².